The van der Waals surface area contributed by atoms with Gasteiger partial charge < -0.3 is 9.88 Å². The average molecular weight is 268 g/mol. The standard InChI is InChI=1S/C14H16N6/c1-2-7-20-10-19-13(12-14(20)18-9-17-12)16-8-11-3-5-15-6-4-11/h3-6,9-10,16H,2,7-8H2,1H3. The summed E-state index contributed by atoms with van der Waals surface area (Å²) in [4.78, 5) is 17.1. The Hall–Kier alpha value is -2.50. The molecule has 1 aromatic rings. The van der Waals surface area contributed by atoms with Gasteiger partial charge in [0.1, 0.15) is 6.33 Å². The van der Waals surface area contributed by atoms with Gasteiger partial charge in [0.15, 0.2) is 17.3 Å². The summed E-state index contributed by atoms with van der Waals surface area (Å²) in [5.41, 5.74) is 1.97. The Bertz CT molecular complexity index is 648. The van der Waals surface area contributed by atoms with Gasteiger partial charge in [-0.2, -0.15) is 0 Å². The van der Waals surface area contributed by atoms with Gasteiger partial charge in [-0.1, -0.05) is 6.92 Å². The van der Waals surface area contributed by atoms with Gasteiger partial charge in [0.05, 0.1) is 6.33 Å². The molecular weight excluding hydrogens is 252 g/mol. The molecule has 0 saturated carbocycles. The van der Waals surface area contributed by atoms with Crippen molar-refractivity contribution in [1.82, 2.24) is 24.5 Å². The smallest absolute Gasteiger partial charge is 0.165 e. The number of aryl methyl sites for hydroxylation is 1. The molecule has 0 unspecified atom stereocenters. The molecule has 0 fully saturated rings. The average Bonchev–Trinajstić information content (AvgIpc) is 2.98. The summed E-state index contributed by atoms with van der Waals surface area (Å²) < 4.78 is 2.03. The van der Waals surface area contributed by atoms with Gasteiger partial charge in [-0.25, -0.2) is 15.0 Å². The second kappa shape index (κ2) is 5.64. The lowest BCUT2D eigenvalue weighted by Gasteiger charge is -2.13. The van der Waals surface area contributed by atoms with E-state index in [1.165, 1.54) is 0 Å². The number of pyridine rings is 1. The van der Waals surface area contributed by atoms with Crippen LogP contribution >= 0.6 is 0 Å². The molecule has 6 nitrogen and oxygen atoms in total. The molecule has 1 N–H and O–H groups in total. The highest BCUT2D eigenvalue weighted by atomic mass is 15.2. The van der Waals surface area contributed by atoms with Crippen molar-refractivity contribution in [2.45, 2.75) is 26.4 Å². The molecule has 3 heterocycles. The fraction of sp³-hybridized carbons (Fsp3) is 0.286. The van der Waals surface area contributed by atoms with Crippen LogP contribution in [0.15, 0.2) is 37.2 Å². The Labute approximate surface area is 117 Å². The predicted molar refractivity (Wildman–Crippen MR) is 76.3 cm³/mol. The Morgan fingerprint density at radius 2 is 2.00 bits per heavy atom. The largest absolute Gasteiger partial charge is 0.364 e. The lowest BCUT2D eigenvalue weighted by Crippen LogP contribution is -2.10. The number of imidazole rings is 1. The zero-order chi connectivity index (χ0) is 13.8. The minimum atomic E-state index is 0.690. The molecule has 0 aromatic carbocycles. The Morgan fingerprint density at radius 1 is 1.15 bits per heavy atom. The van der Waals surface area contributed by atoms with Crippen molar-refractivity contribution in [3.8, 4) is 11.5 Å². The molecule has 1 aromatic heterocycles. The fourth-order valence-corrected chi connectivity index (χ4v) is 2.10. The normalized spacial score (nSPS) is 10.8. The number of aromatic nitrogens is 5. The third-order valence-corrected chi connectivity index (χ3v) is 3.08. The topological polar surface area (TPSA) is 68.5 Å². The van der Waals surface area contributed by atoms with Crippen LogP contribution in [0, 0.1) is 0 Å². The van der Waals surface area contributed by atoms with Crippen molar-refractivity contribution in [1.29, 1.82) is 0 Å². The lowest BCUT2D eigenvalue weighted by molar-refractivity contribution is 0.659. The molecule has 0 amide bonds. The van der Waals surface area contributed by atoms with Crippen LogP contribution in [0.3, 0.4) is 0 Å². The summed E-state index contributed by atoms with van der Waals surface area (Å²) in [6.45, 7) is 3.72. The first-order chi connectivity index (χ1) is 9.88. The van der Waals surface area contributed by atoms with Crippen LogP contribution < -0.4 is 5.32 Å². The minimum Gasteiger partial charge on any atom is -0.364 e. The summed E-state index contributed by atoms with van der Waals surface area (Å²) in [5.74, 6) is 1.64. The maximum atomic E-state index is 4.45. The highest BCUT2D eigenvalue weighted by molar-refractivity contribution is 5.66. The van der Waals surface area contributed by atoms with Gasteiger partial charge in [0.2, 0.25) is 0 Å². The number of hydrogen-bond acceptors (Lipinski definition) is 5. The predicted octanol–water partition coefficient (Wildman–Crippen LogP) is 2.19. The summed E-state index contributed by atoms with van der Waals surface area (Å²) >= 11 is 0. The number of fused-ring (bicyclic) bond motifs is 1. The van der Waals surface area contributed by atoms with Gasteiger partial charge in [-0.15, -0.1) is 0 Å². The SMILES string of the molecule is CCCn1cnc(NCc2ccncc2)c2ncnc1-2. The third-order valence-electron chi connectivity index (χ3n) is 3.08. The van der Waals surface area contributed by atoms with Gasteiger partial charge in [0, 0.05) is 25.5 Å². The molecule has 2 aliphatic heterocycles. The highest BCUT2D eigenvalue weighted by Gasteiger charge is 2.15. The van der Waals surface area contributed by atoms with E-state index in [9.17, 15) is 0 Å². The van der Waals surface area contributed by atoms with Crippen LogP contribution in [0.25, 0.3) is 11.5 Å². The zero-order valence-corrected chi connectivity index (χ0v) is 11.3. The van der Waals surface area contributed by atoms with Crippen LogP contribution in [0.5, 0.6) is 0 Å². The van der Waals surface area contributed by atoms with E-state index in [1.807, 2.05) is 23.0 Å². The van der Waals surface area contributed by atoms with Crippen LogP contribution in [0.1, 0.15) is 18.9 Å². The molecule has 0 saturated heterocycles. The summed E-state index contributed by atoms with van der Waals surface area (Å²) in [7, 11) is 0. The molecule has 102 valence electrons. The Morgan fingerprint density at radius 3 is 2.80 bits per heavy atom. The van der Waals surface area contributed by atoms with Crippen LogP contribution in [0.4, 0.5) is 5.82 Å². The van der Waals surface area contributed by atoms with E-state index in [4.69, 9.17) is 0 Å². The van der Waals surface area contributed by atoms with E-state index in [-0.39, 0.29) is 0 Å². The van der Waals surface area contributed by atoms with Gasteiger partial charge in [-0.05, 0) is 24.1 Å². The molecule has 6 heteroatoms. The summed E-state index contributed by atoms with van der Waals surface area (Å²) in [5, 5.41) is 3.30. The van der Waals surface area contributed by atoms with Crippen molar-refractivity contribution >= 4 is 5.82 Å². The Kier molecular flexibility index (Phi) is 3.54. The zero-order valence-electron chi connectivity index (χ0n) is 11.3. The second-order valence-electron chi connectivity index (χ2n) is 4.54. The number of anilines is 1. The summed E-state index contributed by atoms with van der Waals surface area (Å²) in [6.07, 6.45) is 7.99. The number of hydrogen-bond donors (Lipinski definition) is 1. The molecule has 0 bridgehead atoms. The first kappa shape index (κ1) is 12.5. The maximum absolute atomic E-state index is 4.45. The third kappa shape index (κ3) is 2.45. The van der Waals surface area contributed by atoms with E-state index >= 15 is 0 Å². The quantitative estimate of drug-likeness (QED) is 0.768. The van der Waals surface area contributed by atoms with Gasteiger partial charge in [0.25, 0.3) is 0 Å². The van der Waals surface area contributed by atoms with Crippen LogP contribution in [-0.4, -0.2) is 24.5 Å². The maximum Gasteiger partial charge on any atom is 0.165 e. The highest BCUT2D eigenvalue weighted by Crippen LogP contribution is 2.24. The number of nitrogens with zero attached hydrogens (tertiary/aromatic N) is 5. The number of rotatable bonds is 5. The molecule has 3 rings (SSSR count). The van der Waals surface area contributed by atoms with E-state index in [2.05, 4.69) is 32.2 Å². The van der Waals surface area contributed by atoms with Crippen molar-refractivity contribution in [3.63, 3.8) is 0 Å². The van der Waals surface area contributed by atoms with E-state index in [1.54, 1.807) is 18.7 Å². The van der Waals surface area contributed by atoms with E-state index in [0.717, 1.165) is 35.9 Å². The lowest BCUT2D eigenvalue weighted by atomic mass is 10.2. The van der Waals surface area contributed by atoms with Crippen molar-refractivity contribution in [2.75, 3.05) is 5.32 Å². The first-order valence-electron chi connectivity index (χ1n) is 6.67. The molecular formula is C14H16N6. The molecule has 0 aliphatic carbocycles. The fourth-order valence-electron chi connectivity index (χ4n) is 2.10. The molecule has 2 aliphatic rings. The van der Waals surface area contributed by atoms with E-state index in [0.29, 0.717) is 6.54 Å². The number of nitrogens with one attached hydrogen (secondary N) is 1. The molecule has 0 spiro atoms. The van der Waals surface area contributed by atoms with Crippen molar-refractivity contribution in [3.05, 3.63) is 42.7 Å². The van der Waals surface area contributed by atoms with Gasteiger partial charge >= 0.3 is 0 Å². The molecule has 0 atom stereocenters. The molecule has 0 radical (unpaired) electrons. The summed E-state index contributed by atoms with van der Waals surface area (Å²) in [6, 6.07) is 3.95. The van der Waals surface area contributed by atoms with Gasteiger partial charge in [-0.3, -0.25) is 4.98 Å². The minimum absolute atomic E-state index is 0.690. The van der Waals surface area contributed by atoms with Crippen molar-refractivity contribution in [2.24, 2.45) is 0 Å². The first-order valence-corrected chi connectivity index (χ1v) is 6.67. The van der Waals surface area contributed by atoms with E-state index < -0.39 is 0 Å². The second-order valence-corrected chi connectivity index (χ2v) is 4.54. The molecule has 20 heavy (non-hydrogen) atoms. The monoisotopic (exact) mass is 268 g/mol. The van der Waals surface area contributed by atoms with Crippen molar-refractivity contribution < 1.29 is 0 Å². The Balaban J connectivity index is 1.82. The van der Waals surface area contributed by atoms with Crippen LogP contribution in [-0.2, 0) is 13.1 Å². The van der Waals surface area contributed by atoms with Crippen LogP contribution in [0.2, 0.25) is 0 Å².